The summed E-state index contributed by atoms with van der Waals surface area (Å²) in [4.78, 5) is 12.2. The summed E-state index contributed by atoms with van der Waals surface area (Å²) in [6.07, 6.45) is 0. The van der Waals surface area contributed by atoms with Crippen LogP contribution in [0.3, 0.4) is 0 Å². The van der Waals surface area contributed by atoms with E-state index in [1.807, 2.05) is 24.3 Å². The Morgan fingerprint density at radius 1 is 1.30 bits per heavy atom. The van der Waals surface area contributed by atoms with Gasteiger partial charge in [-0.25, -0.2) is 4.39 Å². The van der Waals surface area contributed by atoms with E-state index in [2.05, 4.69) is 27.9 Å². The Balaban J connectivity index is 1.92. The molecular weight excluding hydrogens is 390 g/mol. The van der Waals surface area contributed by atoms with Gasteiger partial charge in [0.15, 0.2) is 0 Å². The number of halogens is 2. The minimum atomic E-state index is -0.406. The lowest BCUT2D eigenvalue weighted by Crippen LogP contribution is -2.14. The van der Waals surface area contributed by atoms with E-state index in [4.69, 9.17) is 5.73 Å². The standard InChI is InChI=1S/C14H12FIN2OS/c15-12-7-10(17)4-5-13(12)20-8-14(19)18-11-3-1-2-9(16)6-11/h1-7H,8,17H2,(H,18,19). The Kier molecular flexibility index (Phi) is 5.24. The van der Waals surface area contributed by atoms with Crippen LogP contribution in [0.25, 0.3) is 0 Å². The number of amides is 1. The number of carbonyl (C=O) groups is 1. The van der Waals surface area contributed by atoms with E-state index in [0.29, 0.717) is 10.6 Å². The van der Waals surface area contributed by atoms with Crippen LogP contribution in [0, 0.1) is 9.39 Å². The Bertz CT molecular complexity index is 636. The first-order valence-corrected chi connectivity index (χ1v) is 7.84. The maximum absolute atomic E-state index is 13.5. The van der Waals surface area contributed by atoms with E-state index in [1.54, 1.807) is 12.1 Å². The molecule has 2 rings (SSSR count). The second-order valence-electron chi connectivity index (χ2n) is 4.04. The van der Waals surface area contributed by atoms with Crippen LogP contribution in [0.1, 0.15) is 0 Å². The molecule has 1 amide bonds. The van der Waals surface area contributed by atoms with Gasteiger partial charge >= 0.3 is 0 Å². The number of hydrogen-bond acceptors (Lipinski definition) is 3. The predicted molar refractivity (Wildman–Crippen MR) is 89.3 cm³/mol. The molecule has 0 aliphatic carbocycles. The topological polar surface area (TPSA) is 55.1 Å². The van der Waals surface area contributed by atoms with Crippen molar-refractivity contribution in [1.29, 1.82) is 0 Å². The van der Waals surface area contributed by atoms with E-state index in [-0.39, 0.29) is 11.7 Å². The van der Waals surface area contributed by atoms with Crippen LogP contribution in [0.5, 0.6) is 0 Å². The fourth-order valence-electron chi connectivity index (χ4n) is 1.54. The molecule has 0 aliphatic rings. The highest BCUT2D eigenvalue weighted by atomic mass is 127. The highest BCUT2D eigenvalue weighted by Crippen LogP contribution is 2.23. The monoisotopic (exact) mass is 402 g/mol. The number of anilines is 2. The molecule has 0 saturated carbocycles. The molecule has 0 bridgehead atoms. The number of carbonyl (C=O) groups excluding carboxylic acids is 1. The van der Waals surface area contributed by atoms with Crippen LogP contribution in [-0.2, 0) is 4.79 Å². The third kappa shape index (κ3) is 4.38. The summed E-state index contributed by atoms with van der Waals surface area (Å²) in [5.41, 5.74) is 6.58. The molecule has 0 aromatic heterocycles. The first-order valence-electron chi connectivity index (χ1n) is 5.78. The number of nitrogens with two attached hydrogens (primary N) is 1. The van der Waals surface area contributed by atoms with E-state index in [0.717, 1.165) is 21.0 Å². The van der Waals surface area contributed by atoms with Crippen LogP contribution >= 0.6 is 34.4 Å². The minimum absolute atomic E-state index is 0.145. The van der Waals surface area contributed by atoms with Crippen molar-refractivity contribution in [1.82, 2.24) is 0 Å². The van der Waals surface area contributed by atoms with Gasteiger partial charge in [-0.05, 0) is 59.0 Å². The average molecular weight is 402 g/mol. The molecule has 3 N–H and O–H groups in total. The zero-order valence-electron chi connectivity index (χ0n) is 10.4. The van der Waals surface area contributed by atoms with Gasteiger partial charge in [-0.15, -0.1) is 11.8 Å². The van der Waals surface area contributed by atoms with Crippen LogP contribution in [0.15, 0.2) is 47.4 Å². The molecular formula is C14H12FIN2OS. The Morgan fingerprint density at radius 2 is 2.10 bits per heavy atom. The molecule has 0 atom stereocenters. The summed E-state index contributed by atoms with van der Waals surface area (Å²) in [6, 6.07) is 11.9. The van der Waals surface area contributed by atoms with Crippen molar-refractivity contribution >= 4 is 51.6 Å². The van der Waals surface area contributed by atoms with Crippen molar-refractivity contribution in [3.63, 3.8) is 0 Å². The third-order valence-electron chi connectivity index (χ3n) is 2.42. The molecule has 3 nitrogen and oxygen atoms in total. The smallest absolute Gasteiger partial charge is 0.234 e. The maximum atomic E-state index is 13.5. The van der Waals surface area contributed by atoms with Gasteiger partial charge in [-0.1, -0.05) is 6.07 Å². The zero-order valence-corrected chi connectivity index (χ0v) is 13.4. The van der Waals surface area contributed by atoms with Crippen molar-refractivity contribution in [2.75, 3.05) is 16.8 Å². The molecule has 0 unspecified atom stereocenters. The summed E-state index contributed by atoms with van der Waals surface area (Å²) < 4.78 is 14.6. The molecule has 0 heterocycles. The minimum Gasteiger partial charge on any atom is -0.399 e. The van der Waals surface area contributed by atoms with Crippen LogP contribution < -0.4 is 11.1 Å². The molecule has 0 spiro atoms. The summed E-state index contributed by atoms with van der Waals surface area (Å²) in [6.45, 7) is 0. The lowest BCUT2D eigenvalue weighted by molar-refractivity contribution is -0.113. The molecule has 20 heavy (non-hydrogen) atoms. The van der Waals surface area contributed by atoms with Gasteiger partial charge in [0, 0.05) is 19.8 Å². The summed E-state index contributed by atoms with van der Waals surface area (Å²) in [5, 5.41) is 2.77. The number of benzene rings is 2. The number of nitrogens with one attached hydrogen (secondary N) is 1. The summed E-state index contributed by atoms with van der Waals surface area (Å²) >= 11 is 3.32. The molecule has 2 aromatic rings. The summed E-state index contributed by atoms with van der Waals surface area (Å²) in [5.74, 6) is -0.433. The first kappa shape index (κ1) is 15.1. The van der Waals surface area contributed by atoms with Crippen molar-refractivity contribution < 1.29 is 9.18 Å². The lowest BCUT2D eigenvalue weighted by Gasteiger charge is -2.06. The quantitative estimate of drug-likeness (QED) is 0.466. The molecule has 6 heteroatoms. The highest BCUT2D eigenvalue weighted by Gasteiger charge is 2.07. The number of nitrogen functional groups attached to an aromatic ring is 1. The molecule has 0 radical (unpaired) electrons. The van der Waals surface area contributed by atoms with E-state index < -0.39 is 5.82 Å². The number of hydrogen-bond donors (Lipinski definition) is 2. The molecule has 0 saturated heterocycles. The van der Waals surface area contributed by atoms with Crippen LogP contribution in [0.2, 0.25) is 0 Å². The predicted octanol–water partition coefficient (Wildman–Crippen LogP) is 3.74. The first-order chi connectivity index (χ1) is 9.54. The van der Waals surface area contributed by atoms with Crippen LogP contribution in [-0.4, -0.2) is 11.7 Å². The van der Waals surface area contributed by atoms with Gasteiger partial charge in [0.05, 0.1) is 5.75 Å². The van der Waals surface area contributed by atoms with Crippen molar-refractivity contribution in [3.05, 3.63) is 51.9 Å². The zero-order chi connectivity index (χ0) is 14.5. The van der Waals surface area contributed by atoms with Gasteiger partial charge in [-0.3, -0.25) is 4.79 Å². The van der Waals surface area contributed by atoms with Crippen molar-refractivity contribution in [3.8, 4) is 0 Å². The largest absolute Gasteiger partial charge is 0.399 e. The normalized spacial score (nSPS) is 10.3. The highest BCUT2D eigenvalue weighted by molar-refractivity contribution is 14.1. The van der Waals surface area contributed by atoms with Crippen molar-refractivity contribution in [2.24, 2.45) is 0 Å². The number of rotatable bonds is 4. The number of thioether (sulfide) groups is 1. The Hall–Kier alpha value is -1.28. The van der Waals surface area contributed by atoms with Crippen molar-refractivity contribution in [2.45, 2.75) is 4.90 Å². The lowest BCUT2D eigenvalue weighted by atomic mass is 10.3. The van der Waals surface area contributed by atoms with Crippen LogP contribution in [0.4, 0.5) is 15.8 Å². The molecule has 2 aromatic carbocycles. The fourth-order valence-corrected chi connectivity index (χ4v) is 2.80. The fraction of sp³-hybridized carbons (Fsp3) is 0.0714. The average Bonchev–Trinajstić information content (AvgIpc) is 2.37. The van der Waals surface area contributed by atoms with Gasteiger partial charge < -0.3 is 11.1 Å². The molecule has 104 valence electrons. The maximum Gasteiger partial charge on any atom is 0.234 e. The third-order valence-corrected chi connectivity index (χ3v) is 4.14. The molecule has 0 aliphatic heterocycles. The SMILES string of the molecule is Nc1ccc(SCC(=O)Nc2cccc(I)c2)c(F)c1. The van der Waals surface area contributed by atoms with Gasteiger partial charge in [0.2, 0.25) is 5.91 Å². The van der Waals surface area contributed by atoms with E-state index in [1.165, 1.54) is 6.07 Å². The Labute approximate surface area is 134 Å². The van der Waals surface area contributed by atoms with E-state index in [9.17, 15) is 9.18 Å². The van der Waals surface area contributed by atoms with Gasteiger partial charge in [-0.2, -0.15) is 0 Å². The second-order valence-corrected chi connectivity index (χ2v) is 6.30. The van der Waals surface area contributed by atoms with E-state index >= 15 is 0 Å². The molecule has 0 fully saturated rings. The second kappa shape index (κ2) is 6.94. The van der Waals surface area contributed by atoms with Gasteiger partial charge in [0.1, 0.15) is 5.82 Å². The van der Waals surface area contributed by atoms with Gasteiger partial charge in [0.25, 0.3) is 0 Å². The Morgan fingerprint density at radius 3 is 2.80 bits per heavy atom. The summed E-state index contributed by atoms with van der Waals surface area (Å²) in [7, 11) is 0.